The maximum atomic E-state index is 13.9. The van der Waals surface area contributed by atoms with Crippen LogP contribution in [0.4, 0.5) is 18.9 Å². The molecule has 2 amide bonds. The second-order valence-electron chi connectivity index (χ2n) is 11.6. The van der Waals surface area contributed by atoms with E-state index in [1.807, 2.05) is 48.5 Å². The van der Waals surface area contributed by atoms with Crippen LogP contribution in [-0.4, -0.2) is 44.0 Å². The van der Waals surface area contributed by atoms with Gasteiger partial charge in [0.15, 0.2) is 0 Å². The number of nitrogens with two attached hydrogens (primary N) is 1. The lowest BCUT2D eigenvalue weighted by Gasteiger charge is -2.27. The van der Waals surface area contributed by atoms with E-state index in [1.165, 1.54) is 11.0 Å². The number of alkyl halides is 3. The minimum Gasteiger partial charge on any atom is -0.344 e. The van der Waals surface area contributed by atoms with E-state index in [1.54, 1.807) is 20.8 Å². The largest absolute Gasteiger partial charge is 0.416 e. The normalized spacial score (nSPS) is 17.4. The first-order chi connectivity index (χ1) is 20.3. The number of carbonyl (C=O) groups is 2. The summed E-state index contributed by atoms with van der Waals surface area (Å²) in [6, 6.07) is 17.6. The van der Waals surface area contributed by atoms with Crippen molar-refractivity contribution < 1.29 is 22.8 Å². The molecule has 0 bridgehead atoms. The summed E-state index contributed by atoms with van der Waals surface area (Å²) in [7, 11) is 0. The van der Waals surface area contributed by atoms with Gasteiger partial charge < -0.3 is 16.0 Å². The van der Waals surface area contributed by atoms with E-state index in [9.17, 15) is 22.8 Å². The number of tetrazole rings is 1. The highest BCUT2D eigenvalue weighted by molar-refractivity contribution is 6.00. The molecule has 43 heavy (non-hydrogen) atoms. The third-order valence-electron chi connectivity index (χ3n) is 7.40. The Morgan fingerprint density at radius 1 is 1.07 bits per heavy atom. The number of nitrogens with zero attached hydrogens (tertiary/aromatic N) is 4. The zero-order valence-corrected chi connectivity index (χ0v) is 23.9. The van der Waals surface area contributed by atoms with E-state index in [2.05, 4.69) is 25.9 Å². The fourth-order valence-corrected chi connectivity index (χ4v) is 5.38. The molecule has 3 aromatic carbocycles. The average molecular weight is 592 g/mol. The standard InChI is InChI=1S/C31H32F3N7O2/c1-18-14-25(36-27(42)16-30(2,3)35)29(43)41(26-13-12-21(15-24(18)26)31(32,33)34)17-19-8-10-20(11-9-19)22-6-4-5-7-23(22)28-37-39-40-38-28/h4-13,15,18,25H,14,16-17,35H2,1-3H3,(H,36,42)(H,37,38,39,40). The summed E-state index contributed by atoms with van der Waals surface area (Å²) >= 11 is 0. The van der Waals surface area contributed by atoms with Crippen molar-refractivity contribution in [3.8, 4) is 22.5 Å². The highest BCUT2D eigenvalue weighted by atomic mass is 19.4. The van der Waals surface area contributed by atoms with E-state index in [4.69, 9.17) is 5.73 Å². The van der Waals surface area contributed by atoms with Crippen LogP contribution in [0, 0.1) is 0 Å². The molecular weight excluding hydrogens is 559 g/mol. The van der Waals surface area contributed by atoms with Crippen LogP contribution in [0.25, 0.3) is 22.5 Å². The zero-order chi connectivity index (χ0) is 30.9. The molecule has 5 rings (SSSR count). The molecule has 0 aliphatic carbocycles. The number of carbonyl (C=O) groups excluding carboxylic acids is 2. The van der Waals surface area contributed by atoms with Gasteiger partial charge in [-0.1, -0.05) is 55.5 Å². The molecule has 4 N–H and O–H groups in total. The van der Waals surface area contributed by atoms with Crippen molar-refractivity contribution in [1.29, 1.82) is 0 Å². The second-order valence-corrected chi connectivity index (χ2v) is 11.6. The lowest BCUT2D eigenvalue weighted by molar-refractivity contribution is -0.137. The number of rotatable bonds is 7. The Kier molecular flexibility index (Phi) is 8.06. The Morgan fingerprint density at radius 3 is 2.40 bits per heavy atom. The highest BCUT2D eigenvalue weighted by Gasteiger charge is 2.38. The summed E-state index contributed by atoms with van der Waals surface area (Å²) in [4.78, 5) is 28.2. The molecule has 0 radical (unpaired) electrons. The highest BCUT2D eigenvalue weighted by Crippen LogP contribution is 2.40. The average Bonchev–Trinajstić information content (AvgIpc) is 3.46. The van der Waals surface area contributed by atoms with Gasteiger partial charge in [0.2, 0.25) is 17.6 Å². The van der Waals surface area contributed by atoms with Crippen LogP contribution < -0.4 is 16.0 Å². The van der Waals surface area contributed by atoms with Gasteiger partial charge in [-0.3, -0.25) is 9.59 Å². The van der Waals surface area contributed by atoms with Crippen molar-refractivity contribution in [2.75, 3.05) is 4.90 Å². The lowest BCUT2D eigenvalue weighted by atomic mass is 9.92. The summed E-state index contributed by atoms with van der Waals surface area (Å²) in [6.07, 6.45) is -4.40. The number of H-pyrrole nitrogens is 1. The summed E-state index contributed by atoms with van der Waals surface area (Å²) < 4.78 is 40.9. The Labute approximate surface area is 246 Å². The predicted molar refractivity (Wildman–Crippen MR) is 156 cm³/mol. The molecular formula is C31H32F3N7O2. The molecule has 2 unspecified atom stereocenters. The van der Waals surface area contributed by atoms with Crippen LogP contribution in [0.2, 0.25) is 0 Å². The van der Waals surface area contributed by atoms with Crippen molar-refractivity contribution in [3.05, 3.63) is 83.4 Å². The number of anilines is 1. The smallest absolute Gasteiger partial charge is 0.344 e. The summed E-state index contributed by atoms with van der Waals surface area (Å²) in [6.45, 7) is 5.26. The Morgan fingerprint density at radius 2 is 1.77 bits per heavy atom. The fraction of sp³-hybridized carbons (Fsp3) is 0.323. The van der Waals surface area contributed by atoms with Gasteiger partial charge in [0.1, 0.15) is 6.04 Å². The summed E-state index contributed by atoms with van der Waals surface area (Å²) in [5.41, 5.74) is 8.50. The Bertz CT molecular complexity index is 1610. The fourth-order valence-electron chi connectivity index (χ4n) is 5.38. The molecule has 9 nitrogen and oxygen atoms in total. The molecule has 224 valence electrons. The second kappa shape index (κ2) is 11.6. The number of hydrogen-bond acceptors (Lipinski definition) is 6. The maximum Gasteiger partial charge on any atom is 0.416 e. The minimum absolute atomic E-state index is 0.0108. The zero-order valence-electron chi connectivity index (χ0n) is 23.9. The van der Waals surface area contributed by atoms with Crippen molar-refractivity contribution in [1.82, 2.24) is 25.9 Å². The number of fused-ring (bicyclic) bond motifs is 1. The maximum absolute atomic E-state index is 13.9. The van der Waals surface area contributed by atoms with Gasteiger partial charge in [-0.05, 0) is 71.9 Å². The molecule has 0 spiro atoms. The van der Waals surface area contributed by atoms with Gasteiger partial charge in [-0.2, -0.15) is 18.4 Å². The Balaban J connectivity index is 1.48. The van der Waals surface area contributed by atoms with Gasteiger partial charge in [0.25, 0.3) is 0 Å². The van der Waals surface area contributed by atoms with E-state index < -0.39 is 41.1 Å². The molecule has 2 atom stereocenters. The number of benzene rings is 3. The third-order valence-corrected chi connectivity index (χ3v) is 7.40. The molecule has 4 aromatic rings. The van der Waals surface area contributed by atoms with Gasteiger partial charge in [-0.25, -0.2) is 0 Å². The van der Waals surface area contributed by atoms with Crippen molar-refractivity contribution in [3.63, 3.8) is 0 Å². The molecule has 1 aromatic heterocycles. The SMILES string of the molecule is CC1CC(NC(=O)CC(C)(C)N)C(=O)N(Cc2ccc(-c3ccccc3-c3nn[nH]n3)cc2)c2ccc(C(F)(F)F)cc21. The van der Waals surface area contributed by atoms with Crippen LogP contribution in [0.3, 0.4) is 0 Å². The van der Waals surface area contributed by atoms with Crippen LogP contribution in [0.15, 0.2) is 66.7 Å². The number of aromatic nitrogens is 4. The van der Waals surface area contributed by atoms with Crippen molar-refractivity contribution in [2.24, 2.45) is 5.73 Å². The van der Waals surface area contributed by atoms with E-state index >= 15 is 0 Å². The van der Waals surface area contributed by atoms with E-state index in [0.29, 0.717) is 17.1 Å². The van der Waals surface area contributed by atoms with Crippen LogP contribution in [0.1, 0.15) is 56.2 Å². The van der Waals surface area contributed by atoms with Crippen LogP contribution in [0.5, 0.6) is 0 Å². The number of halogens is 3. The van der Waals surface area contributed by atoms with E-state index in [0.717, 1.165) is 34.4 Å². The van der Waals surface area contributed by atoms with E-state index in [-0.39, 0.29) is 19.4 Å². The summed E-state index contributed by atoms with van der Waals surface area (Å²) in [5, 5.41) is 17.1. The first-order valence-corrected chi connectivity index (χ1v) is 13.8. The number of aromatic amines is 1. The topological polar surface area (TPSA) is 130 Å². The van der Waals surface area contributed by atoms with Crippen LogP contribution >= 0.6 is 0 Å². The predicted octanol–water partition coefficient (Wildman–Crippen LogP) is 5.21. The molecule has 0 fully saturated rings. The van der Waals surface area contributed by atoms with Gasteiger partial charge in [0, 0.05) is 23.2 Å². The van der Waals surface area contributed by atoms with Crippen LogP contribution in [-0.2, 0) is 22.3 Å². The molecule has 0 saturated heterocycles. The third kappa shape index (κ3) is 6.75. The number of nitrogens with one attached hydrogen (secondary N) is 2. The van der Waals surface area contributed by atoms with Crippen molar-refractivity contribution in [2.45, 2.75) is 63.8 Å². The molecule has 12 heteroatoms. The number of amides is 2. The minimum atomic E-state index is -4.54. The van der Waals surface area contributed by atoms with Gasteiger partial charge in [0.05, 0.1) is 12.1 Å². The van der Waals surface area contributed by atoms with Crippen molar-refractivity contribution >= 4 is 17.5 Å². The Hall–Kier alpha value is -4.58. The van der Waals surface area contributed by atoms with Gasteiger partial charge in [-0.15, -0.1) is 10.2 Å². The quantitative estimate of drug-likeness (QED) is 0.271. The van der Waals surface area contributed by atoms with Gasteiger partial charge >= 0.3 is 6.18 Å². The lowest BCUT2D eigenvalue weighted by Crippen LogP contribution is -2.50. The monoisotopic (exact) mass is 591 g/mol. The molecule has 2 heterocycles. The molecule has 0 saturated carbocycles. The first-order valence-electron chi connectivity index (χ1n) is 13.8. The molecule has 1 aliphatic rings. The summed E-state index contributed by atoms with van der Waals surface area (Å²) in [5.74, 6) is -0.791. The molecule has 1 aliphatic heterocycles. The first kappa shape index (κ1) is 29.9. The number of hydrogen-bond donors (Lipinski definition) is 3.